The van der Waals surface area contributed by atoms with Gasteiger partial charge in [0.15, 0.2) is 0 Å². The number of hydrogen-bond donors (Lipinski definition) is 1. The lowest BCUT2D eigenvalue weighted by atomic mass is 9.56. The molecule has 1 saturated carbocycles. The minimum absolute atomic E-state index is 0.301. The van der Waals surface area contributed by atoms with Crippen LogP contribution in [-0.4, -0.2) is 10.7 Å². The maximum atomic E-state index is 11.3. The summed E-state index contributed by atoms with van der Waals surface area (Å²) >= 11 is 0. The highest BCUT2D eigenvalue weighted by Gasteiger charge is 2.54. The van der Waals surface area contributed by atoms with Crippen LogP contribution in [0, 0.1) is 22.2 Å². The number of benzene rings is 1. The summed E-state index contributed by atoms with van der Waals surface area (Å²) in [4.78, 5) is 0. The standard InChI is InChI=1S/C19H25NO/c1-17(2)9-11-19(21,12-10-17)18(14-20)8-7-15-5-3-4-6-16(15)13-18/h3-6,21H,7-13H2,1-2H3. The lowest BCUT2D eigenvalue weighted by Crippen LogP contribution is -2.53. The highest BCUT2D eigenvalue weighted by molar-refractivity contribution is 5.35. The minimum Gasteiger partial charge on any atom is -0.388 e. The largest absolute Gasteiger partial charge is 0.388 e. The molecule has 0 spiro atoms. The Morgan fingerprint density at radius 3 is 2.24 bits per heavy atom. The molecule has 0 aromatic heterocycles. The molecule has 0 bridgehead atoms. The molecule has 112 valence electrons. The van der Waals surface area contributed by atoms with Gasteiger partial charge in [-0.3, -0.25) is 0 Å². The summed E-state index contributed by atoms with van der Waals surface area (Å²) in [5.41, 5.74) is 1.49. The third-order valence-electron chi connectivity index (χ3n) is 5.97. The predicted molar refractivity (Wildman–Crippen MR) is 83.7 cm³/mol. The first-order valence-corrected chi connectivity index (χ1v) is 8.10. The molecular formula is C19H25NO. The van der Waals surface area contributed by atoms with Crippen molar-refractivity contribution in [2.45, 2.75) is 64.4 Å². The zero-order chi connectivity index (χ0) is 15.1. The monoisotopic (exact) mass is 283 g/mol. The summed E-state index contributed by atoms with van der Waals surface area (Å²) < 4.78 is 0. The molecule has 1 aromatic rings. The maximum Gasteiger partial charge on any atom is 0.0903 e. The van der Waals surface area contributed by atoms with E-state index in [1.807, 2.05) is 6.07 Å². The molecule has 1 aromatic carbocycles. The Morgan fingerprint density at radius 1 is 1.00 bits per heavy atom. The van der Waals surface area contributed by atoms with Crippen molar-refractivity contribution in [2.24, 2.45) is 10.8 Å². The maximum absolute atomic E-state index is 11.3. The molecule has 0 saturated heterocycles. The summed E-state index contributed by atoms with van der Waals surface area (Å²) in [6.45, 7) is 4.53. The SMILES string of the molecule is CC1(C)CCC(O)(C2(C#N)CCc3ccccc3C2)CC1. The highest BCUT2D eigenvalue weighted by Crippen LogP contribution is 2.52. The third-order valence-corrected chi connectivity index (χ3v) is 5.97. The van der Waals surface area contributed by atoms with E-state index in [2.05, 4.69) is 38.1 Å². The molecule has 1 atom stereocenters. The van der Waals surface area contributed by atoms with Gasteiger partial charge < -0.3 is 5.11 Å². The quantitative estimate of drug-likeness (QED) is 0.846. The van der Waals surface area contributed by atoms with E-state index in [4.69, 9.17) is 0 Å². The Kier molecular flexibility index (Phi) is 3.37. The summed E-state index contributed by atoms with van der Waals surface area (Å²) in [6.07, 6.45) is 5.94. The van der Waals surface area contributed by atoms with Gasteiger partial charge in [0.2, 0.25) is 0 Å². The summed E-state index contributed by atoms with van der Waals surface area (Å²) in [5.74, 6) is 0. The smallest absolute Gasteiger partial charge is 0.0903 e. The van der Waals surface area contributed by atoms with E-state index in [-0.39, 0.29) is 0 Å². The molecule has 21 heavy (non-hydrogen) atoms. The molecule has 0 radical (unpaired) electrons. The van der Waals surface area contributed by atoms with Crippen LogP contribution in [0.25, 0.3) is 0 Å². The van der Waals surface area contributed by atoms with E-state index in [0.29, 0.717) is 11.8 Å². The average molecular weight is 283 g/mol. The van der Waals surface area contributed by atoms with Gasteiger partial charge in [-0.1, -0.05) is 38.1 Å². The fourth-order valence-corrected chi connectivity index (χ4v) is 4.15. The Bertz CT molecular complexity index is 573. The number of aryl methyl sites for hydroxylation is 1. The van der Waals surface area contributed by atoms with Crippen LogP contribution in [0.4, 0.5) is 0 Å². The molecule has 2 nitrogen and oxygen atoms in total. The van der Waals surface area contributed by atoms with E-state index < -0.39 is 11.0 Å². The Morgan fingerprint density at radius 2 is 1.62 bits per heavy atom. The molecule has 0 amide bonds. The van der Waals surface area contributed by atoms with Crippen molar-refractivity contribution in [1.29, 1.82) is 5.26 Å². The van der Waals surface area contributed by atoms with Crippen LogP contribution >= 0.6 is 0 Å². The lowest BCUT2D eigenvalue weighted by Gasteiger charge is -2.50. The molecule has 3 rings (SSSR count). The van der Waals surface area contributed by atoms with Crippen LogP contribution in [0.5, 0.6) is 0 Å². The molecule has 2 aliphatic rings. The number of rotatable bonds is 1. The van der Waals surface area contributed by atoms with Crippen molar-refractivity contribution >= 4 is 0 Å². The minimum atomic E-state index is -0.815. The average Bonchev–Trinajstić information content (AvgIpc) is 2.50. The van der Waals surface area contributed by atoms with Gasteiger partial charge >= 0.3 is 0 Å². The number of nitrogens with zero attached hydrogens (tertiary/aromatic N) is 1. The fourth-order valence-electron chi connectivity index (χ4n) is 4.15. The Hall–Kier alpha value is -1.33. The Labute approximate surface area is 127 Å². The molecule has 0 heterocycles. The highest BCUT2D eigenvalue weighted by atomic mass is 16.3. The van der Waals surface area contributed by atoms with Crippen LogP contribution in [0.3, 0.4) is 0 Å². The number of fused-ring (bicyclic) bond motifs is 1. The van der Waals surface area contributed by atoms with Gasteiger partial charge in [-0.2, -0.15) is 5.26 Å². The van der Waals surface area contributed by atoms with Crippen molar-refractivity contribution in [2.75, 3.05) is 0 Å². The molecule has 1 unspecified atom stereocenters. The topological polar surface area (TPSA) is 44.0 Å². The van der Waals surface area contributed by atoms with Crippen LogP contribution in [0.2, 0.25) is 0 Å². The third kappa shape index (κ3) is 2.38. The molecule has 2 aliphatic carbocycles. The summed E-state index contributed by atoms with van der Waals surface area (Å²) in [5, 5.41) is 21.2. The molecule has 1 N–H and O–H groups in total. The second-order valence-corrected chi connectivity index (χ2v) is 7.84. The first-order chi connectivity index (χ1) is 9.90. The van der Waals surface area contributed by atoms with E-state index >= 15 is 0 Å². The predicted octanol–water partition coefficient (Wildman–Crippen LogP) is 4.02. The van der Waals surface area contributed by atoms with Crippen molar-refractivity contribution in [3.8, 4) is 6.07 Å². The van der Waals surface area contributed by atoms with E-state index in [1.165, 1.54) is 11.1 Å². The van der Waals surface area contributed by atoms with E-state index in [0.717, 1.165) is 38.5 Å². The molecular weight excluding hydrogens is 258 g/mol. The van der Waals surface area contributed by atoms with Gasteiger partial charge in [0, 0.05) is 0 Å². The number of nitriles is 1. The van der Waals surface area contributed by atoms with Crippen LogP contribution < -0.4 is 0 Å². The van der Waals surface area contributed by atoms with Crippen molar-refractivity contribution in [3.63, 3.8) is 0 Å². The first kappa shape index (κ1) is 14.6. The number of aliphatic hydroxyl groups is 1. The van der Waals surface area contributed by atoms with Gasteiger partial charge in [0.05, 0.1) is 17.1 Å². The van der Waals surface area contributed by atoms with Crippen molar-refractivity contribution in [3.05, 3.63) is 35.4 Å². The Balaban J connectivity index is 1.91. The number of hydrogen-bond acceptors (Lipinski definition) is 2. The second kappa shape index (κ2) is 4.85. The molecule has 2 heteroatoms. The van der Waals surface area contributed by atoms with E-state index in [9.17, 15) is 10.4 Å². The zero-order valence-electron chi connectivity index (χ0n) is 13.2. The van der Waals surface area contributed by atoms with E-state index in [1.54, 1.807) is 0 Å². The lowest BCUT2D eigenvalue weighted by molar-refractivity contribution is -0.106. The van der Waals surface area contributed by atoms with Crippen molar-refractivity contribution in [1.82, 2.24) is 0 Å². The fraction of sp³-hybridized carbons (Fsp3) is 0.632. The summed E-state index contributed by atoms with van der Waals surface area (Å²) in [7, 11) is 0. The molecule has 1 fully saturated rings. The van der Waals surface area contributed by atoms with Gasteiger partial charge in [0.25, 0.3) is 0 Å². The normalized spacial score (nSPS) is 30.2. The van der Waals surface area contributed by atoms with Crippen LogP contribution in [0.1, 0.15) is 57.1 Å². The molecule has 0 aliphatic heterocycles. The van der Waals surface area contributed by atoms with Gasteiger partial charge in [0.1, 0.15) is 0 Å². The first-order valence-electron chi connectivity index (χ1n) is 8.10. The van der Waals surface area contributed by atoms with Crippen molar-refractivity contribution < 1.29 is 5.11 Å². The van der Waals surface area contributed by atoms with Gasteiger partial charge in [-0.25, -0.2) is 0 Å². The summed E-state index contributed by atoms with van der Waals surface area (Å²) in [6, 6.07) is 10.9. The van der Waals surface area contributed by atoms with Gasteiger partial charge in [-0.05, 0) is 61.5 Å². The second-order valence-electron chi connectivity index (χ2n) is 7.84. The van der Waals surface area contributed by atoms with Crippen LogP contribution in [0.15, 0.2) is 24.3 Å². The van der Waals surface area contributed by atoms with Gasteiger partial charge in [-0.15, -0.1) is 0 Å². The zero-order valence-corrected chi connectivity index (χ0v) is 13.2. The van der Waals surface area contributed by atoms with Crippen LogP contribution in [-0.2, 0) is 12.8 Å².